The zero-order chi connectivity index (χ0) is 13.8. The molecule has 0 radical (unpaired) electrons. The Kier molecular flexibility index (Phi) is 9.27. The quantitative estimate of drug-likeness (QED) is 0.494. The predicted octanol–water partition coefficient (Wildman–Crippen LogP) is 2.35. The van der Waals surface area contributed by atoms with Crippen molar-refractivity contribution in [1.82, 2.24) is 0 Å². The molecule has 19 heavy (non-hydrogen) atoms. The maximum absolute atomic E-state index is 9.56. The topological polar surface area (TPSA) is 47.9 Å². The van der Waals surface area contributed by atoms with E-state index in [0.29, 0.717) is 19.8 Å². The molecule has 1 unspecified atom stereocenters. The van der Waals surface area contributed by atoms with E-state index >= 15 is 0 Å². The summed E-state index contributed by atoms with van der Waals surface area (Å²) in [5.41, 5.74) is 1.03. The second kappa shape index (κ2) is 10.9. The second-order valence-corrected chi connectivity index (χ2v) is 4.29. The van der Waals surface area contributed by atoms with Crippen LogP contribution in [0, 0.1) is 0 Å². The lowest BCUT2D eigenvalue weighted by Crippen LogP contribution is -2.20. The molecule has 1 rings (SSSR count). The van der Waals surface area contributed by atoms with Gasteiger partial charge in [0.2, 0.25) is 0 Å². The lowest BCUT2D eigenvalue weighted by atomic mass is 10.2. The van der Waals surface area contributed by atoms with E-state index in [2.05, 4.69) is 6.92 Å². The van der Waals surface area contributed by atoms with Crippen molar-refractivity contribution in [3.8, 4) is 0 Å². The summed E-state index contributed by atoms with van der Waals surface area (Å²) in [5.74, 6) is 0. The Morgan fingerprint density at radius 3 is 2.53 bits per heavy atom. The largest absolute Gasteiger partial charge is 0.379 e. The molecule has 0 fully saturated rings. The van der Waals surface area contributed by atoms with Crippen molar-refractivity contribution in [3.63, 3.8) is 0 Å². The Morgan fingerprint density at radius 2 is 1.79 bits per heavy atom. The van der Waals surface area contributed by atoms with E-state index in [0.717, 1.165) is 25.0 Å². The molecule has 0 heterocycles. The van der Waals surface area contributed by atoms with Gasteiger partial charge in [-0.2, -0.15) is 0 Å². The third-order valence-corrected chi connectivity index (χ3v) is 2.56. The number of aliphatic hydroxyl groups is 1. The van der Waals surface area contributed by atoms with Gasteiger partial charge in [-0.1, -0.05) is 43.7 Å². The van der Waals surface area contributed by atoms with Gasteiger partial charge < -0.3 is 19.3 Å². The van der Waals surface area contributed by atoms with E-state index in [1.165, 1.54) is 0 Å². The highest BCUT2D eigenvalue weighted by molar-refractivity contribution is 5.13. The van der Waals surface area contributed by atoms with E-state index in [9.17, 15) is 5.11 Å². The Labute approximate surface area is 115 Å². The van der Waals surface area contributed by atoms with Gasteiger partial charge in [-0.15, -0.1) is 0 Å². The van der Waals surface area contributed by atoms with E-state index in [1.807, 2.05) is 30.3 Å². The third-order valence-electron chi connectivity index (χ3n) is 2.56. The Morgan fingerprint density at radius 1 is 1.05 bits per heavy atom. The summed E-state index contributed by atoms with van der Waals surface area (Å²) < 4.78 is 15.9. The van der Waals surface area contributed by atoms with Gasteiger partial charge in [0.15, 0.2) is 6.29 Å². The fourth-order valence-electron chi connectivity index (χ4n) is 1.47. The number of hydrogen-bond donors (Lipinski definition) is 1. The molecule has 1 aromatic rings. The first-order valence-electron chi connectivity index (χ1n) is 6.82. The first-order valence-corrected chi connectivity index (χ1v) is 6.82. The van der Waals surface area contributed by atoms with Crippen LogP contribution < -0.4 is 0 Å². The first kappa shape index (κ1) is 16.1. The molecular formula is C15H24O4. The fraction of sp³-hybridized carbons (Fsp3) is 0.600. The maximum atomic E-state index is 9.56. The number of aliphatic hydroxyl groups excluding tert-OH is 1. The molecule has 0 amide bonds. The summed E-state index contributed by atoms with van der Waals surface area (Å²) in [6.45, 7) is 4.50. The standard InChI is InChI=1S/C15H24O4/c1-2-3-9-17-10-11-18-13-15(16)19-12-14-7-5-4-6-8-14/h4-8,15-16H,2-3,9-13H2,1H3. The minimum atomic E-state index is -0.893. The van der Waals surface area contributed by atoms with Crippen LogP contribution in [0.1, 0.15) is 25.3 Å². The molecule has 0 bridgehead atoms. The van der Waals surface area contributed by atoms with Gasteiger partial charge in [0.1, 0.15) is 0 Å². The first-order chi connectivity index (χ1) is 9.33. The third kappa shape index (κ3) is 8.72. The molecule has 0 aliphatic heterocycles. The van der Waals surface area contributed by atoms with Crippen LogP contribution in [0.3, 0.4) is 0 Å². The van der Waals surface area contributed by atoms with Crippen LogP contribution in [-0.2, 0) is 20.8 Å². The Bertz CT molecular complexity index is 302. The zero-order valence-corrected chi connectivity index (χ0v) is 11.6. The SMILES string of the molecule is CCCCOCCOCC(O)OCc1ccccc1. The number of ether oxygens (including phenoxy) is 3. The van der Waals surface area contributed by atoms with Crippen LogP contribution >= 0.6 is 0 Å². The minimum Gasteiger partial charge on any atom is -0.379 e. The lowest BCUT2D eigenvalue weighted by molar-refractivity contribution is -0.147. The zero-order valence-electron chi connectivity index (χ0n) is 11.6. The average molecular weight is 268 g/mol. The molecule has 0 aliphatic carbocycles. The molecule has 4 heteroatoms. The molecule has 1 N–H and O–H groups in total. The van der Waals surface area contributed by atoms with Gasteiger partial charge in [-0.05, 0) is 12.0 Å². The molecule has 0 aromatic heterocycles. The van der Waals surface area contributed by atoms with Gasteiger partial charge >= 0.3 is 0 Å². The number of hydrogen-bond acceptors (Lipinski definition) is 4. The highest BCUT2D eigenvalue weighted by Gasteiger charge is 2.04. The van der Waals surface area contributed by atoms with E-state index in [4.69, 9.17) is 14.2 Å². The number of benzene rings is 1. The van der Waals surface area contributed by atoms with E-state index in [-0.39, 0.29) is 6.61 Å². The predicted molar refractivity (Wildman–Crippen MR) is 73.8 cm³/mol. The Balaban J connectivity index is 1.95. The van der Waals surface area contributed by atoms with Gasteiger partial charge in [-0.3, -0.25) is 0 Å². The maximum Gasteiger partial charge on any atom is 0.178 e. The van der Waals surface area contributed by atoms with Gasteiger partial charge in [-0.25, -0.2) is 0 Å². The molecule has 4 nitrogen and oxygen atoms in total. The van der Waals surface area contributed by atoms with Crippen molar-refractivity contribution < 1.29 is 19.3 Å². The van der Waals surface area contributed by atoms with Gasteiger partial charge in [0.05, 0.1) is 26.4 Å². The fourth-order valence-corrected chi connectivity index (χ4v) is 1.47. The van der Waals surface area contributed by atoms with Crippen LogP contribution in [0.2, 0.25) is 0 Å². The second-order valence-electron chi connectivity index (χ2n) is 4.29. The molecule has 1 aromatic carbocycles. The normalized spacial score (nSPS) is 12.5. The van der Waals surface area contributed by atoms with Gasteiger partial charge in [0.25, 0.3) is 0 Å². The summed E-state index contributed by atoms with van der Waals surface area (Å²) >= 11 is 0. The summed E-state index contributed by atoms with van der Waals surface area (Å²) in [6, 6.07) is 9.73. The highest BCUT2D eigenvalue weighted by atomic mass is 16.6. The number of unbranched alkanes of at least 4 members (excludes halogenated alkanes) is 1. The molecule has 0 saturated heterocycles. The smallest absolute Gasteiger partial charge is 0.178 e. The van der Waals surface area contributed by atoms with Crippen LogP contribution in [0.4, 0.5) is 0 Å². The average Bonchev–Trinajstić information content (AvgIpc) is 2.45. The molecule has 108 valence electrons. The molecule has 0 saturated carbocycles. The van der Waals surface area contributed by atoms with Crippen molar-refractivity contribution in [1.29, 1.82) is 0 Å². The van der Waals surface area contributed by atoms with Gasteiger partial charge in [0, 0.05) is 6.61 Å². The summed E-state index contributed by atoms with van der Waals surface area (Å²) in [4.78, 5) is 0. The van der Waals surface area contributed by atoms with Crippen molar-refractivity contribution >= 4 is 0 Å². The van der Waals surface area contributed by atoms with E-state index < -0.39 is 6.29 Å². The van der Waals surface area contributed by atoms with Crippen molar-refractivity contribution in [3.05, 3.63) is 35.9 Å². The van der Waals surface area contributed by atoms with E-state index in [1.54, 1.807) is 0 Å². The summed E-state index contributed by atoms with van der Waals surface area (Å²) in [7, 11) is 0. The van der Waals surface area contributed by atoms with Crippen molar-refractivity contribution in [2.75, 3.05) is 26.4 Å². The molecular weight excluding hydrogens is 244 g/mol. The summed E-state index contributed by atoms with van der Waals surface area (Å²) in [5, 5.41) is 9.56. The van der Waals surface area contributed by atoms with Crippen LogP contribution in [0.15, 0.2) is 30.3 Å². The molecule has 1 atom stereocenters. The van der Waals surface area contributed by atoms with Crippen molar-refractivity contribution in [2.24, 2.45) is 0 Å². The minimum absolute atomic E-state index is 0.171. The molecule has 0 aliphatic rings. The van der Waals surface area contributed by atoms with Crippen LogP contribution in [-0.4, -0.2) is 37.8 Å². The van der Waals surface area contributed by atoms with Crippen molar-refractivity contribution in [2.45, 2.75) is 32.7 Å². The summed E-state index contributed by atoms with van der Waals surface area (Å²) in [6.07, 6.45) is 1.31. The monoisotopic (exact) mass is 268 g/mol. The molecule has 0 spiro atoms. The highest BCUT2D eigenvalue weighted by Crippen LogP contribution is 2.02. The lowest BCUT2D eigenvalue weighted by Gasteiger charge is -2.12. The Hall–Kier alpha value is -0.940. The number of rotatable bonds is 11. The van der Waals surface area contributed by atoms with Crippen LogP contribution in [0.5, 0.6) is 0 Å². The van der Waals surface area contributed by atoms with Crippen LogP contribution in [0.25, 0.3) is 0 Å².